The first-order valence-electron chi connectivity index (χ1n) is 6.64. The minimum Gasteiger partial charge on any atom is -0.374 e. The number of hydrogen-bond acceptors (Lipinski definition) is 4. The molecule has 4 heteroatoms. The third-order valence-corrected chi connectivity index (χ3v) is 2.95. The Balaban J connectivity index is 2.57. The molecule has 0 atom stereocenters. The lowest BCUT2D eigenvalue weighted by atomic mass is 10.2. The van der Waals surface area contributed by atoms with Crippen LogP contribution in [0.1, 0.15) is 18.9 Å². The van der Waals surface area contributed by atoms with E-state index >= 15 is 0 Å². The Morgan fingerprint density at radius 3 is 2.67 bits per heavy atom. The van der Waals surface area contributed by atoms with E-state index < -0.39 is 0 Å². The summed E-state index contributed by atoms with van der Waals surface area (Å²) < 4.78 is 0. The van der Waals surface area contributed by atoms with E-state index in [2.05, 4.69) is 54.2 Å². The summed E-state index contributed by atoms with van der Waals surface area (Å²) in [5, 5.41) is 3.36. The Kier molecular flexibility index (Phi) is 6.68. The number of pyridine rings is 1. The maximum Gasteiger partial charge on any atom is 0.0440 e. The van der Waals surface area contributed by atoms with Crippen molar-refractivity contribution in [1.82, 2.24) is 15.2 Å². The fourth-order valence-corrected chi connectivity index (χ4v) is 1.93. The molecule has 1 rings (SSSR count). The van der Waals surface area contributed by atoms with Crippen molar-refractivity contribution in [3.63, 3.8) is 0 Å². The van der Waals surface area contributed by atoms with Gasteiger partial charge in [0.15, 0.2) is 0 Å². The van der Waals surface area contributed by atoms with Crippen LogP contribution in [0.3, 0.4) is 0 Å². The average molecular weight is 250 g/mol. The predicted molar refractivity (Wildman–Crippen MR) is 78.1 cm³/mol. The highest BCUT2D eigenvalue weighted by Crippen LogP contribution is 2.17. The van der Waals surface area contributed by atoms with Gasteiger partial charge in [-0.2, -0.15) is 0 Å². The third-order valence-electron chi connectivity index (χ3n) is 2.95. The van der Waals surface area contributed by atoms with E-state index in [0.29, 0.717) is 0 Å². The van der Waals surface area contributed by atoms with Crippen LogP contribution in [0.4, 0.5) is 5.69 Å². The van der Waals surface area contributed by atoms with Gasteiger partial charge in [0, 0.05) is 43.8 Å². The molecular formula is C14H26N4. The van der Waals surface area contributed by atoms with Crippen LogP contribution < -0.4 is 10.2 Å². The summed E-state index contributed by atoms with van der Waals surface area (Å²) in [6.07, 6.45) is 5.00. The van der Waals surface area contributed by atoms with Gasteiger partial charge in [-0.15, -0.1) is 0 Å². The molecule has 0 saturated heterocycles. The van der Waals surface area contributed by atoms with Crippen molar-refractivity contribution in [3.8, 4) is 0 Å². The zero-order valence-electron chi connectivity index (χ0n) is 12.1. The van der Waals surface area contributed by atoms with Crippen molar-refractivity contribution in [2.24, 2.45) is 0 Å². The molecule has 0 aromatic carbocycles. The molecule has 4 nitrogen and oxygen atoms in total. The molecule has 0 unspecified atom stereocenters. The number of anilines is 1. The quantitative estimate of drug-likeness (QED) is 0.759. The fraction of sp³-hybridized carbons (Fsp3) is 0.643. The molecule has 0 aliphatic rings. The van der Waals surface area contributed by atoms with Gasteiger partial charge in [0.05, 0.1) is 0 Å². The molecular weight excluding hydrogens is 224 g/mol. The van der Waals surface area contributed by atoms with E-state index in [-0.39, 0.29) is 0 Å². The number of nitrogens with zero attached hydrogens (tertiary/aromatic N) is 3. The standard InChI is InChI=1S/C14H26N4/c1-5-15-11-13-12-16-8-7-14(13)18(4)10-6-9-17(2)3/h7-8,12,15H,5-6,9-11H2,1-4H3. The highest BCUT2D eigenvalue weighted by Gasteiger charge is 2.06. The Labute approximate surface area is 111 Å². The van der Waals surface area contributed by atoms with Crippen LogP contribution in [0.5, 0.6) is 0 Å². The first-order valence-corrected chi connectivity index (χ1v) is 6.64. The van der Waals surface area contributed by atoms with E-state index in [4.69, 9.17) is 0 Å². The van der Waals surface area contributed by atoms with Crippen molar-refractivity contribution in [1.29, 1.82) is 0 Å². The molecule has 1 N–H and O–H groups in total. The Morgan fingerprint density at radius 2 is 2.00 bits per heavy atom. The van der Waals surface area contributed by atoms with Crippen molar-refractivity contribution in [2.45, 2.75) is 19.9 Å². The van der Waals surface area contributed by atoms with Crippen LogP contribution in [0.15, 0.2) is 18.5 Å². The zero-order chi connectivity index (χ0) is 13.4. The first kappa shape index (κ1) is 14.9. The Hall–Kier alpha value is -1.13. The number of nitrogens with one attached hydrogen (secondary N) is 1. The molecule has 18 heavy (non-hydrogen) atoms. The monoisotopic (exact) mass is 250 g/mol. The molecule has 1 aromatic heterocycles. The number of hydrogen-bond donors (Lipinski definition) is 1. The summed E-state index contributed by atoms with van der Waals surface area (Å²) in [7, 11) is 6.38. The van der Waals surface area contributed by atoms with Gasteiger partial charge in [0.25, 0.3) is 0 Å². The Morgan fingerprint density at radius 1 is 1.22 bits per heavy atom. The van der Waals surface area contributed by atoms with Crippen LogP contribution in [0.25, 0.3) is 0 Å². The van der Waals surface area contributed by atoms with Crippen molar-refractivity contribution in [3.05, 3.63) is 24.0 Å². The molecule has 0 amide bonds. The molecule has 0 fully saturated rings. The summed E-state index contributed by atoms with van der Waals surface area (Å²) >= 11 is 0. The summed E-state index contributed by atoms with van der Waals surface area (Å²) in [6.45, 7) is 6.19. The van der Waals surface area contributed by atoms with Crippen LogP contribution in [0.2, 0.25) is 0 Å². The minimum absolute atomic E-state index is 0.887. The minimum atomic E-state index is 0.887. The number of aromatic nitrogens is 1. The topological polar surface area (TPSA) is 31.4 Å². The molecule has 0 saturated carbocycles. The van der Waals surface area contributed by atoms with Gasteiger partial charge >= 0.3 is 0 Å². The average Bonchev–Trinajstić information content (AvgIpc) is 2.36. The normalized spacial score (nSPS) is 10.9. The Bertz CT molecular complexity index is 338. The fourth-order valence-electron chi connectivity index (χ4n) is 1.93. The summed E-state index contributed by atoms with van der Waals surface area (Å²) in [5.74, 6) is 0. The van der Waals surface area contributed by atoms with Crippen molar-refractivity contribution in [2.75, 3.05) is 45.7 Å². The second-order valence-corrected chi connectivity index (χ2v) is 4.86. The lowest BCUT2D eigenvalue weighted by Gasteiger charge is -2.23. The lowest BCUT2D eigenvalue weighted by Crippen LogP contribution is -2.25. The SMILES string of the molecule is CCNCc1cnccc1N(C)CCCN(C)C. The molecule has 1 heterocycles. The van der Waals surface area contributed by atoms with E-state index in [1.54, 1.807) is 0 Å². The predicted octanol–water partition coefficient (Wildman–Crippen LogP) is 1.58. The highest BCUT2D eigenvalue weighted by molar-refractivity contribution is 5.51. The summed E-state index contributed by atoms with van der Waals surface area (Å²) in [5.41, 5.74) is 2.55. The van der Waals surface area contributed by atoms with Crippen LogP contribution in [-0.4, -0.2) is 50.7 Å². The first-order chi connectivity index (χ1) is 8.65. The van der Waals surface area contributed by atoms with Gasteiger partial charge in [-0.3, -0.25) is 4.98 Å². The summed E-state index contributed by atoms with van der Waals surface area (Å²) in [6, 6.07) is 2.10. The largest absolute Gasteiger partial charge is 0.374 e. The highest BCUT2D eigenvalue weighted by atomic mass is 15.1. The molecule has 0 aliphatic carbocycles. The second-order valence-electron chi connectivity index (χ2n) is 4.86. The molecule has 0 radical (unpaired) electrons. The summed E-state index contributed by atoms with van der Waals surface area (Å²) in [4.78, 5) is 8.75. The smallest absolute Gasteiger partial charge is 0.0440 e. The van der Waals surface area contributed by atoms with Gasteiger partial charge in [-0.25, -0.2) is 0 Å². The van der Waals surface area contributed by atoms with Gasteiger partial charge < -0.3 is 15.1 Å². The third kappa shape index (κ3) is 5.02. The number of rotatable bonds is 8. The maximum atomic E-state index is 4.21. The van der Waals surface area contributed by atoms with Gasteiger partial charge in [0.2, 0.25) is 0 Å². The second kappa shape index (κ2) is 8.06. The van der Waals surface area contributed by atoms with Gasteiger partial charge in [0.1, 0.15) is 0 Å². The maximum absolute atomic E-state index is 4.21. The van der Waals surface area contributed by atoms with Gasteiger partial charge in [-0.1, -0.05) is 6.92 Å². The van der Waals surface area contributed by atoms with Crippen molar-refractivity contribution < 1.29 is 0 Å². The molecule has 1 aromatic rings. The molecule has 102 valence electrons. The van der Waals surface area contributed by atoms with Crippen LogP contribution in [0, 0.1) is 0 Å². The molecule has 0 aliphatic heterocycles. The van der Waals surface area contributed by atoms with E-state index in [1.807, 2.05) is 12.4 Å². The zero-order valence-corrected chi connectivity index (χ0v) is 12.1. The van der Waals surface area contributed by atoms with Crippen LogP contribution in [-0.2, 0) is 6.54 Å². The van der Waals surface area contributed by atoms with Crippen LogP contribution >= 0.6 is 0 Å². The molecule has 0 bridgehead atoms. The van der Waals surface area contributed by atoms with Gasteiger partial charge in [-0.05, 0) is 39.7 Å². The molecule has 0 spiro atoms. The van der Waals surface area contributed by atoms with E-state index in [9.17, 15) is 0 Å². The van der Waals surface area contributed by atoms with E-state index in [1.165, 1.54) is 17.7 Å². The van der Waals surface area contributed by atoms with Crippen molar-refractivity contribution >= 4 is 5.69 Å². The lowest BCUT2D eigenvalue weighted by molar-refractivity contribution is 0.401. The van der Waals surface area contributed by atoms with E-state index in [0.717, 1.165) is 26.2 Å².